The summed E-state index contributed by atoms with van der Waals surface area (Å²) in [6, 6.07) is 0. The molecule has 2 N–H and O–H groups in total. The minimum Gasteiger partial charge on any atom is -0.481 e. The van der Waals surface area contributed by atoms with Crippen LogP contribution >= 0.6 is 0 Å². The molecule has 5 nitrogen and oxygen atoms in total. The SMILES string of the molecule is CC/C=C\C/C=C\C/C=C\C/C=C\CCC(=O)OC1CCC2(C)C(CCC3C2CC(O)C2(C)C(C(C)CCC(=O)O)CCC32)C1. The van der Waals surface area contributed by atoms with Crippen molar-refractivity contribution in [1.82, 2.24) is 0 Å². The topological polar surface area (TPSA) is 83.8 Å². The quantitative estimate of drug-likeness (QED) is 0.140. The van der Waals surface area contributed by atoms with Crippen LogP contribution in [0.5, 0.6) is 0 Å². The number of esters is 1. The molecular weight excluding hydrogens is 560 g/mol. The number of ether oxygens (including phenoxy) is 1. The lowest BCUT2D eigenvalue weighted by atomic mass is 9.43. The highest BCUT2D eigenvalue weighted by atomic mass is 16.5. The molecule has 0 radical (unpaired) electrons. The van der Waals surface area contributed by atoms with E-state index < -0.39 is 5.97 Å². The van der Waals surface area contributed by atoms with E-state index in [1.165, 1.54) is 12.8 Å². The van der Waals surface area contributed by atoms with Crippen molar-refractivity contribution in [3.05, 3.63) is 48.6 Å². The number of carbonyl (C=O) groups excluding carboxylic acids is 1. The predicted molar refractivity (Wildman–Crippen MR) is 182 cm³/mol. The molecule has 0 aromatic rings. The highest BCUT2D eigenvalue weighted by molar-refractivity contribution is 5.69. The van der Waals surface area contributed by atoms with Crippen LogP contribution < -0.4 is 0 Å². The molecular formula is C40H62O5. The number of hydrogen-bond donors (Lipinski definition) is 2. The van der Waals surface area contributed by atoms with Crippen molar-refractivity contribution in [3.63, 3.8) is 0 Å². The summed E-state index contributed by atoms with van der Waals surface area (Å²) < 4.78 is 6.02. The molecule has 4 saturated carbocycles. The van der Waals surface area contributed by atoms with Crippen molar-refractivity contribution >= 4 is 11.9 Å². The van der Waals surface area contributed by atoms with Crippen LogP contribution in [0, 0.1) is 46.3 Å². The van der Waals surface area contributed by atoms with Crippen molar-refractivity contribution in [2.24, 2.45) is 46.3 Å². The van der Waals surface area contributed by atoms with Gasteiger partial charge in [0, 0.05) is 12.8 Å². The van der Waals surface area contributed by atoms with Gasteiger partial charge in [-0.3, -0.25) is 9.59 Å². The standard InChI is InChI=1S/C40H62O5/c1-5-6-7-8-9-10-11-12-13-14-15-16-17-18-38(44)45-31-25-26-39(3)30(27-31)20-21-32-34-23-22-33(29(2)19-24-37(42)43)40(34,4)36(41)28-35(32)39/h6-7,9-10,12-13,15-16,29-36,41H,5,8,11,14,17-28H2,1-4H3,(H,42,43)/b7-6-,10-9-,13-12-,16-15-. The van der Waals surface area contributed by atoms with E-state index in [0.29, 0.717) is 48.3 Å². The predicted octanol–water partition coefficient (Wildman–Crippen LogP) is 9.61. The normalized spacial score (nSPS) is 37.2. The van der Waals surface area contributed by atoms with Crippen molar-refractivity contribution in [2.75, 3.05) is 0 Å². The maximum Gasteiger partial charge on any atom is 0.306 e. The maximum absolute atomic E-state index is 12.7. The van der Waals surface area contributed by atoms with Crippen molar-refractivity contribution in [3.8, 4) is 0 Å². The monoisotopic (exact) mass is 622 g/mol. The third-order valence-electron chi connectivity index (χ3n) is 12.8. The van der Waals surface area contributed by atoms with E-state index in [-0.39, 0.29) is 35.4 Å². The van der Waals surface area contributed by atoms with Crippen molar-refractivity contribution in [1.29, 1.82) is 0 Å². The molecule has 4 fully saturated rings. The van der Waals surface area contributed by atoms with E-state index in [0.717, 1.165) is 70.6 Å². The molecule has 10 atom stereocenters. The molecule has 10 unspecified atom stereocenters. The van der Waals surface area contributed by atoms with Gasteiger partial charge in [-0.15, -0.1) is 0 Å². The minimum absolute atomic E-state index is 0.0225. The molecule has 4 aliphatic rings. The number of aliphatic hydroxyl groups is 1. The molecule has 0 bridgehead atoms. The fourth-order valence-electron chi connectivity index (χ4n) is 10.3. The summed E-state index contributed by atoms with van der Waals surface area (Å²) in [7, 11) is 0. The Morgan fingerprint density at radius 2 is 1.51 bits per heavy atom. The van der Waals surface area contributed by atoms with Crippen LogP contribution in [-0.4, -0.2) is 34.4 Å². The summed E-state index contributed by atoms with van der Waals surface area (Å²) in [6.07, 6.45) is 31.6. The summed E-state index contributed by atoms with van der Waals surface area (Å²) >= 11 is 0. The highest BCUT2D eigenvalue weighted by Gasteiger charge is 2.63. The molecule has 0 heterocycles. The largest absolute Gasteiger partial charge is 0.481 e. The molecule has 5 heteroatoms. The van der Waals surface area contributed by atoms with E-state index in [9.17, 15) is 19.8 Å². The number of allylic oxidation sites excluding steroid dienone is 8. The summed E-state index contributed by atoms with van der Waals surface area (Å²) in [5.74, 6) is 2.16. The van der Waals surface area contributed by atoms with Crippen LogP contribution in [0.25, 0.3) is 0 Å². The van der Waals surface area contributed by atoms with Gasteiger partial charge in [0.2, 0.25) is 0 Å². The molecule has 0 saturated heterocycles. The summed E-state index contributed by atoms with van der Waals surface area (Å²) in [4.78, 5) is 23.9. The average Bonchev–Trinajstić information content (AvgIpc) is 3.37. The number of rotatable bonds is 15. The van der Waals surface area contributed by atoms with E-state index in [1.54, 1.807) is 0 Å². The molecule has 0 amide bonds. The molecule has 45 heavy (non-hydrogen) atoms. The van der Waals surface area contributed by atoms with Gasteiger partial charge in [-0.1, -0.05) is 76.3 Å². The van der Waals surface area contributed by atoms with Gasteiger partial charge in [-0.2, -0.15) is 0 Å². The van der Waals surface area contributed by atoms with Crippen molar-refractivity contribution in [2.45, 2.75) is 143 Å². The molecule has 0 aromatic carbocycles. The Bertz CT molecular complexity index is 1090. The third kappa shape index (κ3) is 8.62. The van der Waals surface area contributed by atoms with Crippen LogP contribution in [0.1, 0.15) is 130 Å². The fraction of sp³-hybridized carbons (Fsp3) is 0.750. The van der Waals surface area contributed by atoms with E-state index in [1.807, 2.05) is 0 Å². The van der Waals surface area contributed by atoms with E-state index in [2.05, 4.69) is 76.3 Å². The molecule has 0 aliphatic heterocycles. The first-order chi connectivity index (χ1) is 21.6. The van der Waals surface area contributed by atoms with Gasteiger partial charge < -0.3 is 14.9 Å². The number of aliphatic carboxylic acids is 1. The number of carboxylic acids is 1. The van der Waals surface area contributed by atoms with E-state index >= 15 is 0 Å². The Hall–Kier alpha value is -2.14. The van der Waals surface area contributed by atoms with Crippen molar-refractivity contribution < 1.29 is 24.5 Å². The van der Waals surface area contributed by atoms with Crippen LogP contribution in [0.2, 0.25) is 0 Å². The Morgan fingerprint density at radius 3 is 2.18 bits per heavy atom. The lowest BCUT2D eigenvalue weighted by Crippen LogP contribution is -2.59. The zero-order valence-electron chi connectivity index (χ0n) is 28.7. The molecule has 4 rings (SSSR count). The number of carboxylic acid groups (broad SMARTS) is 1. The summed E-state index contributed by atoms with van der Waals surface area (Å²) in [6.45, 7) is 9.17. The summed E-state index contributed by atoms with van der Waals surface area (Å²) in [5, 5.41) is 21.0. The minimum atomic E-state index is -0.718. The second kappa shape index (κ2) is 16.6. The lowest BCUT2D eigenvalue weighted by Gasteiger charge is -2.62. The molecule has 252 valence electrons. The first-order valence-corrected chi connectivity index (χ1v) is 18.3. The molecule has 0 aromatic heterocycles. The van der Waals surface area contributed by atoms with Gasteiger partial charge in [-0.05, 0) is 136 Å². The van der Waals surface area contributed by atoms with Crippen LogP contribution in [-0.2, 0) is 14.3 Å². The second-order valence-corrected chi connectivity index (χ2v) is 15.3. The van der Waals surface area contributed by atoms with Gasteiger partial charge >= 0.3 is 11.9 Å². The molecule has 4 aliphatic carbocycles. The van der Waals surface area contributed by atoms with Crippen LogP contribution in [0.3, 0.4) is 0 Å². The zero-order chi connectivity index (χ0) is 32.5. The van der Waals surface area contributed by atoms with Gasteiger partial charge in [0.1, 0.15) is 6.10 Å². The fourth-order valence-corrected chi connectivity index (χ4v) is 10.3. The Balaban J connectivity index is 1.21. The maximum atomic E-state index is 12.7. The highest BCUT2D eigenvalue weighted by Crippen LogP contribution is 2.68. The Labute approximate surface area is 273 Å². The smallest absolute Gasteiger partial charge is 0.306 e. The number of aliphatic hydroxyl groups excluding tert-OH is 1. The summed E-state index contributed by atoms with van der Waals surface area (Å²) in [5.41, 5.74) is 0.0853. The first-order valence-electron chi connectivity index (χ1n) is 18.3. The van der Waals surface area contributed by atoms with Crippen LogP contribution in [0.4, 0.5) is 0 Å². The zero-order valence-corrected chi connectivity index (χ0v) is 28.7. The number of hydrogen-bond acceptors (Lipinski definition) is 4. The Morgan fingerprint density at radius 1 is 0.844 bits per heavy atom. The van der Waals surface area contributed by atoms with E-state index in [4.69, 9.17) is 4.74 Å². The third-order valence-corrected chi connectivity index (χ3v) is 12.8. The molecule has 0 spiro atoms. The van der Waals surface area contributed by atoms with Gasteiger partial charge in [0.15, 0.2) is 0 Å². The number of carbonyl (C=O) groups is 2. The lowest BCUT2D eigenvalue weighted by molar-refractivity contribution is -0.181. The second-order valence-electron chi connectivity index (χ2n) is 15.3. The van der Waals surface area contributed by atoms with Gasteiger partial charge in [0.05, 0.1) is 6.10 Å². The van der Waals surface area contributed by atoms with Crippen LogP contribution in [0.15, 0.2) is 48.6 Å². The Kier molecular flexibility index (Phi) is 13.2. The number of fused-ring (bicyclic) bond motifs is 5. The first kappa shape index (κ1) is 35.7. The van der Waals surface area contributed by atoms with Gasteiger partial charge in [0.25, 0.3) is 0 Å². The van der Waals surface area contributed by atoms with Gasteiger partial charge in [-0.25, -0.2) is 0 Å². The average molecular weight is 623 g/mol.